The molecule has 5 heteroatoms. The Balaban J connectivity index is 2.51. The highest BCUT2D eigenvalue weighted by atomic mass is 16.5. The summed E-state index contributed by atoms with van der Waals surface area (Å²) in [7, 11) is 1.76. The summed E-state index contributed by atoms with van der Waals surface area (Å²) in [5, 5.41) is 7.89. The van der Waals surface area contributed by atoms with Crippen LogP contribution in [-0.4, -0.2) is 41.1 Å². The Bertz CT molecular complexity index is 327. The minimum Gasteiger partial charge on any atom is -0.385 e. The van der Waals surface area contributed by atoms with Gasteiger partial charge in [0.05, 0.1) is 0 Å². The molecule has 0 aliphatic heterocycles. The van der Waals surface area contributed by atoms with E-state index >= 15 is 0 Å². The number of hydrogen-bond donors (Lipinski definition) is 1. The summed E-state index contributed by atoms with van der Waals surface area (Å²) in [6, 6.07) is 0.468. The van der Waals surface area contributed by atoms with Crippen LogP contribution in [0.2, 0.25) is 0 Å². The number of rotatable bonds is 11. The molecule has 0 saturated heterocycles. The van der Waals surface area contributed by atoms with Crippen LogP contribution in [0.3, 0.4) is 0 Å². The van der Waals surface area contributed by atoms with E-state index in [9.17, 15) is 0 Å². The van der Waals surface area contributed by atoms with Gasteiger partial charge in [-0.2, -0.15) is 5.10 Å². The van der Waals surface area contributed by atoms with Crippen LogP contribution in [0.15, 0.2) is 6.33 Å². The maximum atomic E-state index is 5.13. The third-order valence-corrected chi connectivity index (χ3v) is 3.14. The van der Waals surface area contributed by atoms with Gasteiger partial charge in [0.25, 0.3) is 0 Å². The van der Waals surface area contributed by atoms with Gasteiger partial charge < -0.3 is 10.1 Å². The van der Waals surface area contributed by atoms with Crippen LogP contribution in [0, 0.1) is 0 Å². The lowest BCUT2D eigenvalue weighted by atomic mass is 10.1. The third-order valence-electron chi connectivity index (χ3n) is 3.14. The second-order valence-electron chi connectivity index (χ2n) is 4.89. The summed E-state index contributed by atoms with van der Waals surface area (Å²) in [5.41, 5.74) is 0. The topological polar surface area (TPSA) is 52.0 Å². The molecule has 110 valence electrons. The van der Waals surface area contributed by atoms with E-state index in [0.29, 0.717) is 6.04 Å². The van der Waals surface area contributed by atoms with Crippen LogP contribution in [-0.2, 0) is 17.7 Å². The maximum absolute atomic E-state index is 5.13. The number of hydrogen-bond acceptors (Lipinski definition) is 4. The highest BCUT2D eigenvalue weighted by Gasteiger charge is 2.13. The van der Waals surface area contributed by atoms with Gasteiger partial charge in [-0.15, -0.1) is 0 Å². The molecule has 1 rings (SSSR count). The molecule has 0 bridgehead atoms. The van der Waals surface area contributed by atoms with Crippen molar-refractivity contribution in [2.24, 2.45) is 0 Å². The van der Waals surface area contributed by atoms with E-state index in [0.717, 1.165) is 57.6 Å². The van der Waals surface area contributed by atoms with E-state index < -0.39 is 0 Å². The molecular weight excluding hydrogens is 240 g/mol. The highest BCUT2D eigenvalue weighted by Crippen LogP contribution is 2.06. The Morgan fingerprint density at radius 1 is 1.37 bits per heavy atom. The quantitative estimate of drug-likeness (QED) is 0.624. The number of nitrogens with one attached hydrogen (secondary N) is 1. The zero-order chi connectivity index (χ0) is 13.9. The van der Waals surface area contributed by atoms with Crippen molar-refractivity contribution in [3.8, 4) is 0 Å². The standard InChI is InChI=1S/C14H28N4O/c1-4-8-15-13(7-6-10-19-3)11-14-16-12-17-18(14)9-5-2/h12-13,15H,4-11H2,1-3H3. The van der Waals surface area contributed by atoms with E-state index in [1.165, 1.54) is 0 Å². The zero-order valence-corrected chi connectivity index (χ0v) is 12.6. The molecule has 0 aliphatic carbocycles. The Morgan fingerprint density at radius 2 is 2.21 bits per heavy atom. The molecule has 0 amide bonds. The van der Waals surface area contributed by atoms with Crippen LogP contribution in [0.4, 0.5) is 0 Å². The van der Waals surface area contributed by atoms with Crippen molar-refractivity contribution in [3.05, 3.63) is 12.2 Å². The van der Waals surface area contributed by atoms with Crippen molar-refractivity contribution in [1.82, 2.24) is 20.1 Å². The second-order valence-corrected chi connectivity index (χ2v) is 4.89. The first-order valence-corrected chi connectivity index (χ1v) is 7.40. The summed E-state index contributed by atoms with van der Waals surface area (Å²) >= 11 is 0. The molecule has 1 aromatic heterocycles. The lowest BCUT2D eigenvalue weighted by Gasteiger charge is -2.18. The molecular formula is C14H28N4O. The molecule has 0 fully saturated rings. The SMILES string of the molecule is CCCNC(CCCOC)Cc1ncnn1CCC. The van der Waals surface area contributed by atoms with Crippen molar-refractivity contribution >= 4 is 0 Å². The maximum Gasteiger partial charge on any atom is 0.138 e. The molecule has 0 spiro atoms. The zero-order valence-electron chi connectivity index (χ0n) is 12.6. The third kappa shape index (κ3) is 6.16. The Morgan fingerprint density at radius 3 is 2.89 bits per heavy atom. The van der Waals surface area contributed by atoms with Gasteiger partial charge in [-0.25, -0.2) is 4.98 Å². The first-order valence-electron chi connectivity index (χ1n) is 7.40. The molecule has 19 heavy (non-hydrogen) atoms. The summed E-state index contributed by atoms with van der Waals surface area (Å²) in [6.45, 7) is 7.19. The van der Waals surface area contributed by atoms with Gasteiger partial charge in [-0.05, 0) is 32.2 Å². The predicted octanol–water partition coefficient (Wildman–Crippen LogP) is 2.03. The predicted molar refractivity (Wildman–Crippen MR) is 77.2 cm³/mol. The molecule has 1 unspecified atom stereocenters. The fourth-order valence-corrected chi connectivity index (χ4v) is 2.16. The number of aromatic nitrogens is 3. The average molecular weight is 268 g/mol. The van der Waals surface area contributed by atoms with E-state index in [1.54, 1.807) is 13.4 Å². The Kier molecular flexibility index (Phi) is 8.41. The van der Waals surface area contributed by atoms with E-state index in [2.05, 4.69) is 29.2 Å². The van der Waals surface area contributed by atoms with Crippen molar-refractivity contribution in [1.29, 1.82) is 0 Å². The van der Waals surface area contributed by atoms with Gasteiger partial charge in [0.15, 0.2) is 0 Å². The minimum atomic E-state index is 0.468. The molecule has 0 aromatic carbocycles. The molecule has 1 N–H and O–H groups in total. The molecule has 1 atom stereocenters. The van der Waals surface area contributed by atoms with Crippen molar-refractivity contribution in [3.63, 3.8) is 0 Å². The number of ether oxygens (including phenoxy) is 1. The fraction of sp³-hybridized carbons (Fsp3) is 0.857. The molecule has 5 nitrogen and oxygen atoms in total. The normalized spacial score (nSPS) is 12.8. The summed E-state index contributed by atoms with van der Waals surface area (Å²) < 4.78 is 7.16. The van der Waals surface area contributed by atoms with Crippen molar-refractivity contribution in [2.45, 2.75) is 58.5 Å². The molecule has 1 aromatic rings. The Hall–Kier alpha value is -0.940. The highest BCUT2D eigenvalue weighted by molar-refractivity contribution is 4.90. The summed E-state index contributed by atoms with van der Waals surface area (Å²) in [5.74, 6) is 1.09. The van der Waals surface area contributed by atoms with Gasteiger partial charge in [-0.3, -0.25) is 4.68 Å². The second kappa shape index (κ2) is 9.92. The average Bonchev–Trinajstić information content (AvgIpc) is 2.84. The van der Waals surface area contributed by atoms with Gasteiger partial charge in [0, 0.05) is 32.7 Å². The number of nitrogens with zero attached hydrogens (tertiary/aromatic N) is 3. The largest absolute Gasteiger partial charge is 0.385 e. The number of methoxy groups -OCH3 is 1. The van der Waals surface area contributed by atoms with Crippen molar-refractivity contribution in [2.75, 3.05) is 20.3 Å². The lowest BCUT2D eigenvalue weighted by molar-refractivity contribution is 0.188. The summed E-state index contributed by atoms with van der Waals surface area (Å²) in [6.07, 6.45) is 7.06. The smallest absolute Gasteiger partial charge is 0.138 e. The minimum absolute atomic E-state index is 0.468. The van der Waals surface area contributed by atoms with Gasteiger partial charge in [0.1, 0.15) is 12.2 Å². The lowest BCUT2D eigenvalue weighted by Crippen LogP contribution is -2.33. The molecule has 0 aliphatic rings. The molecule has 1 heterocycles. The van der Waals surface area contributed by atoms with E-state index in [1.807, 2.05) is 4.68 Å². The molecule has 0 saturated carbocycles. The van der Waals surface area contributed by atoms with E-state index in [4.69, 9.17) is 4.74 Å². The van der Waals surface area contributed by atoms with Crippen LogP contribution < -0.4 is 5.32 Å². The van der Waals surface area contributed by atoms with Crippen LogP contribution in [0.1, 0.15) is 45.4 Å². The fourth-order valence-electron chi connectivity index (χ4n) is 2.16. The first kappa shape index (κ1) is 16.1. The van der Waals surface area contributed by atoms with Crippen molar-refractivity contribution < 1.29 is 4.74 Å². The van der Waals surface area contributed by atoms with Crippen LogP contribution >= 0.6 is 0 Å². The van der Waals surface area contributed by atoms with Gasteiger partial charge in [0.2, 0.25) is 0 Å². The van der Waals surface area contributed by atoms with Crippen LogP contribution in [0.25, 0.3) is 0 Å². The monoisotopic (exact) mass is 268 g/mol. The van der Waals surface area contributed by atoms with E-state index in [-0.39, 0.29) is 0 Å². The van der Waals surface area contributed by atoms with Gasteiger partial charge >= 0.3 is 0 Å². The summed E-state index contributed by atoms with van der Waals surface area (Å²) in [4.78, 5) is 4.39. The Labute approximate surface area is 116 Å². The van der Waals surface area contributed by atoms with Gasteiger partial charge in [-0.1, -0.05) is 13.8 Å². The molecule has 0 radical (unpaired) electrons. The number of aryl methyl sites for hydroxylation is 1. The first-order chi connectivity index (χ1) is 9.31. The van der Waals surface area contributed by atoms with Crippen LogP contribution in [0.5, 0.6) is 0 Å².